The Morgan fingerprint density at radius 1 is 1.33 bits per heavy atom. The van der Waals surface area contributed by atoms with E-state index in [1.807, 2.05) is 24.7 Å². The van der Waals surface area contributed by atoms with Gasteiger partial charge in [0.25, 0.3) is 0 Å². The Hall–Kier alpha value is -0.550. The van der Waals surface area contributed by atoms with Gasteiger partial charge in [0, 0.05) is 0 Å². The van der Waals surface area contributed by atoms with Crippen molar-refractivity contribution in [2.24, 2.45) is 0 Å². The molecule has 0 unspecified atom stereocenters. The predicted octanol–water partition coefficient (Wildman–Crippen LogP) is 1.91. The molecule has 0 aliphatic rings. The number of ether oxygens (including phenoxy) is 1. The number of benzene rings is 1. The van der Waals surface area contributed by atoms with E-state index in [2.05, 4.69) is 33.1 Å². The normalized spacial score (nSPS) is 11.2. The molecule has 0 saturated heterocycles. The fourth-order valence-electron chi connectivity index (χ4n) is 1.03. The summed E-state index contributed by atoms with van der Waals surface area (Å²) in [6, 6.07) is 8.15. The number of nitrogens with zero attached hydrogens (tertiary/aromatic N) is 2. The average Bonchev–Trinajstić information content (AvgIpc) is 2.82. The second-order valence-corrected chi connectivity index (χ2v) is 9.99. The van der Waals surface area contributed by atoms with Crippen molar-refractivity contribution in [2.75, 3.05) is 7.11 Å². The Morgan fingerprint density at radius 3 is 2.60 bits per heavy atom. The molecule has 0 fully saturated rings. The molecule has 84 valence electrons. The summed E-state index contributed by atoms with van der Waals surface area (Å²) in [7, 11) is 1.68. The quantitative estimate of drug-likeness (QED) is 0.668. The predicted molar refractivity (Wildman–Crippen MR) is 59.2 cm³/mol. The molecule has 0 atom stereocenters. The van der Waals surface area contributed by atoms with Crippen LogP contribution in [0.4, 0.5) is 0 Å². The van der Waals surface area contributed by atoms with Gasteiger partial charge in [-0.3, -0.25) is 0 Å². The van der Waals surface area contributed by atoms with E-state index in [0.717, 1.165) is 5.75 Å². The summed E-state index contributed by atoms with van der Waals surface area (Å²) in [4.78, 5) is 4.05. The summed E-state index contributed by atoms with van der Waals surface area (Å²) in [6.45, 7) is 0. The molecule has 2 rings (SSSR count). The van der Waals surface area contributed by atoms with E-state index in [9.17, 15) is 0 Å². The van der Waals surface area contributed by atoms with E-state index in [4.69, 9.17) is 4.74 Å². The maximum atomic E-state index is 5.12. The zero-order valence-corrected chi connectivity index (χ0v) is 11.8. The molecule has 1 aromatic heterocycles. The zero-order valence-electron chi connectivity index (χ0n) is 8.02. The number of hydrogen-bond donors (Lipinski definition) is 0. The molecule has 2 aromatic rings. The number of imidazole rings is 1. The van der Waals surface area contributed by atoms with Gasteiger partial charge in [-0.2, -0.15) is 0 Å². The number of methoxy groups -OCH3 is 1. The molecule has 0 amide bonds. The van der Waals surface area contributed by atoms with Gasteiger partial charge in [0.2, 0.25) is 0 Å². The fraction of sp³-hybridized carbons (Fsp3) is 0.100. The van der Waals surface area contributed by atoms with Gasteiger partial charge in [-0.1, -0.05) is 0 Å². The van der Waals surface area contributed by atoms with Gasteiger partial charge in [0.15, 0.2) is 0 Å². The summed E-state index contributed by atoms with van der Waals surface area (Å²) in [5.41, 5.74) is 0. The van der Waals surface area contributed by atoms with Crippen molar-refractivity contribution in [1.29, 1.82) is 0 Å². The van der Waals surface area contributed by atoms with Crippen molar-refractivity contribution in [3.63, 3.8) is 0 Å². The summed E-state index contributed by atoms with van der Waals surface area (Å²) >= 11 is 2.37. The standard InChI is InChI=1S/C7H7O.C3H3N2.Au.BrH/c1-8-7-5-3-2-4-6-7;1-2-5-3-4-1;;/h3-6H,1H3;1-3H;;1H/q;-1;+2;/p-1. The van der Waals surface area contributed by atoms with Crippen LogP contribution in [0.3, 0.4) is 0 Å². The van der Waals surface area contributed by atoms with Gasteiger partial charge in [-0.15, -0.1) is 0 Å². The first-order valence-electron chi connectivity index (χ1n) is 4.20. The van der Waals surface area contributed by atoms with Crippen molar-refractivity contribution in [3.8, 4) is 5.75 Å². The van der Waals surface area contributed by atoms with Gasteiger partial charge < -0.3 is 0 Å². The van der Waals surface area contributed by atoms with Gasteiger partial charge in [-0.05, 0) is 0 Å². The fourth-order valence-corrected chi connectivity index (χ4v) is 5.77. The van der Waals surface area contributed by atoms with Crippen molar-refractivity contribution in [3.05, 3.63) is 43.0 Å². The van der Waals surface area contributed by atoms with E-state index < -0.39 is 16.6 Å². The van der Waals surface area contributed by atoms with Gasteiger partial charge >= 0.3 is 102 Å². The molecule has 1 aromatic carbocycles. The Labute approximate surface area is 101 Å². The van der Waals surface area contributed by atoms with Crippen LogP contribution in [-0.2, 0) is 16.6 Å². The van der Waals surface area contributed by atoms with E-state index in [1.165, 1.54) is 3.78 Å². The van der Waals surface area contributed by atoms with Crippen LogP contribution in [0.15, 0.2) is 43.0 Å². The summed E-state index contributed by atoms with van der Waals surface area (Å²) < 4.78 is 8.57. The second-order valence-electron chi connectivity index (χ2n) is 2.66. The number of aromatic nitrogens is 2. The minimum atomic E-state index is -1.38. The van der Waals surface area contributed by atoms with E-state index >= 15 is 0 Å². The SMILES string of the molecule is COc1cc[c]([Au]([Br])[n]2ccnc2)cc1. The third-order valence-corrected chi connectivity index (χ3v) is 9.35. The summed E-state index contributed by atoms with van der Waals surface area (Å²) in [5.74, 6) is 0.889. The van der Waals surface area contributed by atoms with Crippen LogP contribution in [0.25, 0.3) is 0 Å². The van der Waals surface area contributed by atoms with E-state index in [-0.39, 0.29) is 0 Å². The Kier molecular flexibility index (Phi) is 3.64. The third kappa shape index (κ3) is 2.52. The maximum absolute atomic E-state index is 5.12. The molecule has 5 heteroatoms. The van der Waals surface area contributed by atoms with Crippen LogP contribution in [0.1, 0.15) is 0 Å². The van der Waals surface area contributed by atoms with Crippen LogP contribution in [0.5, 0.6) is 5.75 Å². The van der Waals surface area contributed by atoms with Crippen LogP contribution in [0, 0.1) is 0 Å². The van der Waals surface area contributed by atoms with E-state index in [1.54, 1.807) is 13.3 Å². The number of hydrogen-bond acceptors (Lipinski definition) is 2. The van der Waals surface area contributed by atoms with Crippen LogP contribution in [0.2, 0.25) is 0 Å². The Balaban J connectivity index is 2.22. The summed E-state index contributed by atoms with van der Waals surface area (Å²) in [5, 5.41) is 0. The van der Waals surface area contributed by atoms with Crippen LogP contribution < -0.4 is 8.52 Å². The number of halogens is 1. The van der Waals surface area contributed by atoms with Gasteiger partial charge in [0.05, 0.1) is 0 Å². The molecule has 0 spiro atoms. The molecule has 0 saturated carbocycles. The van der Waals surface area contributed by atoms with Crippen molar-refractivity contribution in [2.45, 2.75) is 0 Å². The molecular formula is C10H10AuBrN2O. The molecule has 0 aliphatic heterocycles. The molecule has 1 heterocycles. The molecule has 3 nitrogen and oxygen atoms in total. The van der Waals surface area contributed by atoms with Gasteiger partial charge in [0.1, 0.15) is 0 Å². The molecule has 0 radical (unpaired) electrons. The molecule has 0 bridgehead atoms. The van der Waals surface area contributed by atoms with Crippen LogP contribution >= 0.6 is 13.0 Å². The number of rotatable bonds is 3. The first-order chi connectivity index (χ1) is 7.31. The minimum absolute atomic E-state index is 0.889. The summed E-state index contributed by atoms with van der Waals surface area (Å²) in [6.07, 6.45) is 5.63. The van der Waals surface area contributed by atoms with Crippen molar-refractivity contribution < 1.29 is 21.3 Å². The van der Waals surface area contributed by atoms with Crippen LogP contribution in [-0.4, -0.2) is 15.1 Å². The van der Waals surface area contributed by atoms with Crippen molar-refractivity contribution in [1.82, 2.24) is 7.95 Å². The first-order valence-corrected chi connectivity index (χ1v) is 11.0. The Morgan fingerprint density at radius 2 is 2.07 bits per heavy atom. The second kappa shape index (κ2) is 4.99. The molecule has 15 heavy (non-hydrogen) atoms. The first kappa shape index (κ1) is 11.0. The Bertz CT molecular complexity index is 415. The topological polar surface area (TPSA) is 27.1 Å². The third-order valence-electron chi connectivity index (χ3n) is 1.76. The average molecular weight is 451 g/mol. The van der Waals surface area contributed by atoms with Crippen molar-refractivity contribution >= 4 is 16.8 Å². The monoisotopic (exact) mass is 450 g/mol. The zero-order chi connectivity index (χ0) is 10.7. The molecular weight excluding hydrogens is 441 g/mol. The van der Waals surface area contributed by atoms with Gasteiger partial charge in [-0.25, -0.2) is 0 Å². The van der Waals surface area contributed by atoms with E-state index in [0.29, 0.717) is 0 Å². The molecule has 0 aliphatic carbocycles. The molecule has 0 N–H and O–H groups in total.